The third kappa shape index (κ3) is 0.755. The first-order chi connectivity index (χ1) is 3.38. The molecule has 1 aliphatic rings. The van der Waals surface area contributed by atoms with Gasteiger partial charge in [-0.15, -0.1) is 5.73 Å². The Balaban J connectivity index is 2.45. The van der Waals surface area contributed by atoms with E-state index in [-0.39, 0.29) is 0 Å². The molecule has 1 aliphatic carbocycles. The van der Waals surface area contributed by atoms with E-state index in [0.29, 0.717) is 0 Å². The molecule has 0 aromatic carbocycles. The van der Waals surface area contributed by atoms with Gasteiger partial charge in [0.1, 0.15) is 0 Å². The lowest BCUT2D eigenvalue weighted by atomic mass is 10.3. The minimum Gasteiger partial charge on any atom is -0.129 e. The zero-order chi connectivity index (χ0) is 5.28. The monoisotopic (exact) mass is 94.1 g/mol. The van der Waals surface area contributed by atoms with Gasteiger partial charge in [0.25, 0.3) is 0 Å². The maximum Gasteiger partial charge on any atom is -0.00863 e. The second-order valence-electron chi connectivity index (χ2n) is 2.01. The molecule has 1 unspecified atom stereocenters. The van der Waals surface area contributed by atoms with Crippen molar-refractivity contribution in [3.05, 3.63) is 17.9 Å². The first kappa shape index (κ1) is 4.67. The zero-order valence-corrected chi connectivity index (χ0v) is 4.70. The van der Waals surface area contributed by atoms with Crippen LogP contribution >= 0.6 is 0 Å². The molecular weight excluding hydrogens is 84.1 g/mol. The van der Waals surface area contributed by atoms with Gasteiger partial charge in [-0.05, 0) is 24.3 Å². The molecule has 1 saturated carbocycles. The van der Waals surface area contributed by atoms with Crippen LogP contribution < -0.4 is 0 Å². The van der Waals surface area contributed by atoms with Gasteiger partial charge in [-0.2, -0.15) is 0 Å². The highest BCUT2D eigenvalue weighted by atomic mass is 14.3. The zero-order valence-electron chi connectivity index (χ0n) is 4.70. The molecule has 38 valence electrons. The topological polar surface area (TPSA) is 0 Å². The van der Waals surface area contributed by atoms with Crippen LogP contribution in [-0.4, -0.2) is 0 Å². The highest BCUT2D eigenvalue weighted by Gasteiger charge is 2.26. The normalized spacial score (nSPS) is 27.0. The summed E-state index contributed by atoms with van der Waals surface area (Å²) >= 11 is 0. The van der Waals surface area contributed by atoms with Crippen LogP contribution in [0.3, 0.4) is 0 Å². The minimum absolute atomic E-state index is 0.859. The van der Waals surface area contributed by atoms with E-state index in [1.807, 2.05) is 0 Å². The van der Waals surface area contributed by atoms with Crippen molar-refractivity contribution in [1.82, 2.24) is 0 Å². The van der Waals surface area contributed by atoms with Crippen molar-refractivity contribution < 1.29 is 0 Å². The van der Waals surface area contributed by atoms with Crippen LogP contribution in [0.15, 0.2) is 17.9 Å². The Morgan fingerprint density at radius 1 is 2.00 bits per heavy atom. The summed E-state index contributed by atoms with van der Waals surface area (Å²) < 4.78 is 0. The highest BCUT2D eigenvalue weighted by Crippen LogP contribution is 2.38. The van der Waals surface area contributed by atoms with Crippen molar-refractivity contribution in [3.63, 3.8) is 0 Å². The molecule has 0 aromatic rings. The predicted molar refractivity (Wildman–Crippen MR) is 31.1 cm³/mol. The first-order valence-electron chi connectivity index (χ1n) is 2.77. The number of hydrogen-bond acceptors (Lipinski definition) is 0. The van der Waals surface area contributed by atoms with Gasteiger partial charge in [0.2, 0.25) is 0 Å². The minimum atomic E-state index is 0.859. The first-order valence-corrected chi connectivity index (χ1v) is 2.77. The van der Waals surface area contributed by atoms with E-state index in [1.165, 1.54) is 18.4 Å². The van der Waals surface area contributed by atoms with E-state index < -0.39 is 0 Å². The molecular formula is C7H10. The lowest BCUT2D eigenvalue weighted by Crippen LogP contribution is -1.62. The second kappa shape index (κ2) is 1.55. The van der Waals surface area contributed by atoms with E-state index in [9.17, 15) is 0 Å². The maximum absolute atomic E-state index is 3.56. The lowest BCUT2D eigenvalue weighted by Gasteiger charge is -1.74. The van der Waals surface area contributed by atoms with Crippen LogP contribution in [0.4, 0.5) is 0 Å². The summed E-state index contributed by atoms with van der Waals surface area (Å²) in [5, 5.41) is 0. The maximum atomic E-state index is 3.56. The van der Waals surface area contributed by atoms with E-state index in [0.717, 1.165) is 5.92 Å². The highest BCUT2D eigenvalue weighted by molar-refractivity contribution is 5.20. The van der Waals surface area contributed by atoms with Gasteiger partial charge in [-0.25, -0.2) is 0 Å². The fourth-order valence-corrected chi connectivity index (χ4v) is 0.814. The molecule has 0 amide bonds. The van der Waals surface area contributed by atoms with Crippen molar-refractivity contribution in [2.45, 2.75) is 19.8 Å². The van der Waals surface area contributed by atoms with Gasteiger partial charge in [0.05, 0.1) is 0 Å². The second-order valence-corrected chi connectivity index (χ2v) is 2.01. The molecule has 1 rings (SSSR count). The van der Waals surface area contributed by atoms with Gasteiger partial charge < -0.3 is 0 Å². The number of hydrogen-bond donors (Lipinski definition) is 0. The molecule has 0 heteroatoms. The van der Waals surface area contributed by atoms with Gasteiger partial charge in [0.15, 0.2) is 0 Å². The molecule has 0 radical (unpaired) electrons. The third-order valence-corrected chi connectivity index (χ3v) is 1.52. The van der Waals surface area contributed by atoms with Crippen molar-refractivity contribution >= 4 is 0 Å². The summed E-state index contributed by atoms with van der Waals surface area (Å²) in [5.74, 6) is 0.859. The smallest absolute Gasteiger partial charge is 0.00863 e. The number of rotatable bonds is 1. The molecule has 0 nitrogen and oxygen atoms in total. The molecule has 0 heterocycles. The van der Waals surface area contributed by atoms with E-state index in [2.05, 4.69) is 19.2 Å². The fourth-order valence-electron chi connectivity index (χ4n) is 0.814. The summed E-state index contributed by atoms with van der Waals surface area (Å²) in [4.78, 5) is 0. The summed E-state index contributed by atoms with van der Waals surface area (Å²) in [6, 6.07) is 0. The predicted octanol–water partition coefficient (Wildman–Crippen LogP) is 2.13. The SMILES string of the molecule is C=C=C1CC1CC. The summed E-state index contributed by atoms with van der Waals surface area (Å²) in [6.45, 7) is 5.76. The largest absolute Gasteiger partial charge is 0.129 e. The molecule has 0 aliphatic heterocycles. The Morgan fingerprint density at radius 2 is 2.71 bits per heavy atom. The summed E-state index contributed by atoms with van der Waals surface area (Å²) in [7, 11) is 0. The van der Waals surface area contributed by atoms with Crippen molar-refractivity contribution in [2.75, 3.05) is 0 Å². The molecule has 0 saturated heterocycles. The Labute approximate surface area is 44.5 Å². The molecule has 0 spiro atoms. The van der Waals surface area contributed by atoms with Crippen LogP contribution in [0, 0.1) is 5.92 Å². The van der Waals surface area contributed by atoms with Crippen LogP contribution in [-0.2, 0) is 0 Å². The summed E-state index contributed by atoms with van der Waals surface area (Å²) in [5.41, 5.74) is 4.34. The van der Waals surface area contributed by atoms with Crippen LogP contribution in [0.2, 0.25) is 0 Å². The van der Waals surface area contributed by atoms with E-state index >= 15 is 0 Å². The molecule has 1 atom stereocenters. The van der Waals surface area contributed by atoms with Gasteiger partial charge >= 0.3 is 0 Å². The lowest BCUT2D eigenvalue weighted by molar-refractivity contribution is 0.826. The van der Waals surface area contributed by atoms with Gasteiger partial charge in [0, 0.05) is 0 Å². The van der Waals surface area contributed by atoms with E-state index in [1.54, 1.807) is 0 Å². The fraction of sp³-hybridized carbons (Fsp3) is 0.571. The van der Waals surface area contributed by atoms with Gasteiger partial charge in [-0.3, -0.25) is 0 Å². The Kier molecular flexibility index (Phi) is 1.04. The van der Waals surface area contributed by atoms with Crippen molar-refractivity contribution in [3.8, 4) is 0 Å². The van der Waals surface area contributed by atoms with Crippen molar-refractivity contribution in [1.29, 1.82) is 0 Å². The van der Waals surface area contributed by atoms with Crippen LogP contribution in [0.5, 0.6) is 0 Å². The summed E-state index contributed by atoms with van der Waals surface area (Å²) in [6.07, 6.45) is 2.54. The molecule has 1 fully saturated rings. The third-order valence-electron chi connectivity index (χ3n) is 1.52. The molecule has 7 heavy (non-hydrogen) atoms. The Morgan fingerprint density at radius 3 is 2.86 bits per heavy atom. The molecule has 0 aromatic heterocycles. The molecule has 0 bridgehead atoms. The Hall–Kier alpha value is -0.480. The molecule has 0 N–H and O–H groups in total. The van der Waals surface area contributed by atoms with Crippen molar-refractivity contribution in [2.24, 2.45) is 5.92 Å². The van der Waals surface area contributed by atoms with E-state index in [4.69, 9.17) is 0 Å². The van der Waals surface area contributed by atoms with Crippen LogP contribution in [0.1, 0.15) is 19.8 Å². The standard InChI is InChI=1S/C7H10/c1-3-6-5-7(6)4-2/h7H,1,4-5H2,2H3. The number of allylic oxidation sites excluding steroid dienone is 1. The van der Waals surface area contributed by atoms with Gasteiger partial charge in [-0.1, -0.05) is 13.5 Å². The quantitative estimate of drug-likeness (QED) is 0.437. The Bertz CT molecular complexity index is 116. The average Bonchev–Trinajstić information content (AvgIpc) is 2.43. The van der Waals surface area contributed by atoms with Crippen LogP contribution in [0.25, 0.3) is 0 Å². The average molecular weight is 94.2 g/mol.